The van der Waals surface area contributed by atoms with Crippen LogP contribution in [0.1, 0.15) is 20.3 Å². The molecule has 1 N–H and O–H groups in total. The topological polar surface area (TPSA) is 20.2 Å². The number of hydrogen-bond donors (Lipinski definition) is 1. The first-order chi connectivity index (χ1) is 4.12. The third-order valence-corrected chi connectivity index (χ3v) is 1.08. The summed E-state index contributed by atoms with van der Waals surface area (Å²) in [6.45, 7) is 7.18. The number of allylic oxidation sites excluding steroid dienone is 1. The molecule has 0 bridgehead atoms. The van der Waals surface area contributed by atoms with Gasteiger partial charge in [-0.1, -0.05) is 18.2 Å². The van der Waals surface area contributed by atoms with E-state index in [0.29, 0.717) is 6.42 Å². The van der Waals surface area contributed by atoms with Crippen LogP contribution in [0.4, 0.5) is 0 Å². The van der Waals surface area contributed by atoms with Crippen molar-refractivity contribution >= 4 is 0 Å². The van der Waals surface area contributed by atoms with Gasteiger partial charge in [-0.05, 0) is 20.3 Å². The molecule has 0 heterocycles. The molecule has 52 valence electrons. The highest BCUT2D eigenvalue weighted by Gasteiger charge is 2.11. The molecule has 9 heavy (non-hydrogen) atoms. The second kappa shape index (κ2) is 3.46. The summed E-state index contributed by atoms with van der Waals surface area (Å²) in [5.41, 5.74) is -0.698. The summed E-state index contributed by atoms with van der Waals surface area (Å²) in [6.07, 6.45) is 5.91. The maximum Gasteiger partial charge on any atom is 0.0833 e. The molecule has 0 fully saturated rings. The van der Waals surface area contributed by atoms with Gasteiger partial charge < -0.3 is 5.11 Å². The molecule has 0 aliphatic heterocycles. The van der Waals surface area contributed by atoms with E-state index < -0.39 is 5.60 Å². The van der Waals surface area contributed by atoms with Crippen molar-refractivity contribution < 1.29 is 5.11 Å². The lowest BCUT2D eigenvalue weighted by molar-refractivity contribution is 0.115. The fraction of sp³-hybridized carbons (Fsp3) is 0.500. The molecule has 0 aromatic heterocycles. The van der Waals surface area contributed by atoms with Crippen LogP contribution in [0, 0.1) is 0 Å². The molecule has 1 nitrogen and oxygen atoms in total. The first kappa shape index (κ1) is 8.44. The van der Waals surface area contributed by atoms with Crippen molar-refractivity contribution in [1.29, 1.82) is 0 Å². The van der Waals surface area contributed by atoms with Gasteiger partial charge in [-0.25, -0.2) is 0 Å². The van der Waals surface area contributed by atoms with Crippen molar-refractivity contribution in [2.24, 2.45) is 0 Å². The highest BCUT2D eigenvalue weighted by atomic mass is 16.3. The zero-order chi connectivity index (χ0) is 7.33. The van der Waals surface area contributed by atoms with Crippen LogP contribution in [0.3, 0.4) is 0 Å². The fourth-order valence-corrected chi connectivity index (χ4v) is 0.719. The van der Waals surface area contributed by atoms with Crippen LogP contribution < -0.4 is 0 Å². The summed E-state index contributed by atoms with van der Waals surface area (Å²) in [5, 5.41) is 9.36. The lowest BCUT2D eigenvalue weighted by atomic mass is 10.0. The Kier molecular flexibility index (Phi) is 3.25. The lowest BCUT2D eigenvalue weighted by Gasteiger charge is -2.15. The van der Waals surface area contributed by atoms with Crippen molar-refractivity contribution in [2.75, 3.05) is 0 Å². The van der Waals surface area contributed by atoms with E-state index in [4.69, 9.17) is 0 Å². The normalized spacial score (nSPS) is 17.7. The van der Waals surface area contributed by atoms with E-state index in [1.807, 2.05) is 13.0 Å². The Labute approximate surface area is 56.7 Å². The summed E-state index contributed by atoms with van der Waals surface area (Å²) in [6, 6.07) is 0. The van der Waals surface area contributed by atoms with Crippen molar-refractivity contribution in [3.05, 3.63) is 24.8 Å². The first-order valence-corrected chi connectivity index (χ1v) is 3.09. The van der Waals surface area contributed by atoms with Crippen molar-refractivity contribution in [3.63, 3.8) is 0 Å². The van der Waals surface area contributed by atoms with E-state index in [-0.39, 0.29) is 0 Å². The zero-order valence-corrected chi connectivity index (χ0v) is 6.09. The largest absolute Gasteiger partial charge is 0.386 e. The average molecular weight is 126 g/mol. The van der Waals surface area contributed by atoms with E-state index in [2.05, 4.69) is 6.58 Å². The molecular formula is C8H14O. The van der Waals surface area contributed by atoms with E-state index in [9.17, 15) is 5.11 Å². The summed E-state index contributed by atoms with van der Waals surface area (Å²) >= 11 is 0. The molecule has 0 aromatic rings. The van der Waals surface area contributed by atoms with Gasteiger partial charge in [0.25, 0.3) is 0 Å². The number of rotatable bonds is 3. The standard InChI is InChI=1S/C8H14O/c1-4-6-8(3,9)7-5-2/h4-5,7,9H,1,6H2,2-3H3. The predicted molar refractivity (Wildman–Crippen MR) is 40.3 cm³/mol. The molecule has 1 unspecified atom stereocenters. The van der Waals surface area contributed by atoms with Gasteiger partial charge in [0.1, 0.15) is 0 Å². The van der Waals surface area contributed by atoms with Gasteiger partial charge in [-0.15, -0.1) is 6.58 Å². The Bertz CT molecular complexity index is 112. The van der Waals surface area contributed by atoms with Crippen LogP contribution >= 0.6 is 0 Å². The van der Waals surface area contributed by atoms with E-state index in [1.165, 1.54) is 0 Å². The Morgan fingerprint density at radius 1 is 1.67 bits per heavy atom. The lowest BCUT2D eigenvalue weighted by Crippen LogP contribution is -2.18. The fourth-order valence-electron chi connectivity index (χ4n) is 0.719. The molecule has 0 saturated carbocycles. The number of hydrogen-bond acceptors (Lipinski definition) is 1. The molecule has 0 spiro atoms. The van der Waals surface area contributed by atoms with E-state index in [0.717, 1.165) is 0 Å². The third-order valence-electron chi connectivity index (χ3n) is 1.08. The van der Waals surface area contributed by atoms with Crippen molar-refractivity contribution in [1.82, 2.24) is 0 Å². The summed E-state index contributed by atoms with van der Waals surface area (Å²) < 4.78 is 0. The van der Waals surface area contributed by atoms with Crippen LogP contribution in [-0.2, 0) is 0 Å². The third kappa shape index (κ3) is 3.98. The average Bonchev–Trinajstić information content (AvgIpc) is 1.64. The summed E-state index contributed by atoms with van der Waals surface area (Å²) in [7, 11) is 0. The Hall–Kier alpha value is -0.560. The minimum Gasteiger partial charge on any atom is -0.386 e. The molecule has 0 aliphatic rings. The van der Waals surface area contributed by atoms with Crippen LogP contribution in [0.5, 0.6) is 0 Å². The van der Waals surface area contributed by atoms with Gasteiger partial charge in [0.2, 0.25) is 0 Å². The second-order valence-corrected chi connectivity index (χ2v) is 2.35. The maximum absolute atomic E-state index is 9.36. The SMILES string of the molecule is C=CCC(C)(O)C=CC. The minimum atomic E-state index is -0.698. The van der Waals surface area contributed by atoms with Crippen LogP contribution in [0.15, 0.2) is 24.8 Å². The first-order valence-electron chi connectivity index (χ1n) is 3.09. The van der Waals surface area contributed by atoms with Gasteiger partial charge in [-0.3, -0.25) is 0 Å². The Morgan fingerprint density at radius 3 is 2.56 bits per heavy atom. The van der Waals surface area contributed by atoms with Crippen LogP contribution in [0.2, 0.25) is 0 Å². The molecule has 0 amide bonds. The van der Waals surface area contributed by atoms with E-state index >= 15 is 0 Å². The molecule has 0 saturated heterocycles. The predicted octanol–water partition coefficient (Wildman–Crippen LogP) is 1.89. The Balaban J connectivity index is 3.84. The van der Waals surface area contributed by atoms with Crippen LogP contribution in [-0.4, -0.2) is 10.7 Å². The smallest absolute Gasteiger partial charge is 0.0833 e. The van der Waals surface area contributed by atoms with Crippen LogP contribution in [0.25, 0.3) is 0 Å². The molecule has 0 rings (SSSR count). The molecule has 0 radical (unpaired) electrons. The second-order valence-electron chi connectivity index (χ2n) is 2.35. The van der Waals surface area contributed by atoms with Crippen molar-refractivity contribution in [3.8, 4) is 0 Å². The monoisotopic (exact) mass is 126 g/mol. The van der Waals surface area contributed by atoms with Gasteiger partial charge in [0, 0.05) is 0 Å². The van der Waals surface area contributed by atoms with Gasteiger partial charge >= 0.3 is 0 Å². The molecule has 0 aromatic carbocycles. The molecular weight excluding hydrogens is 112 g/mol. The number of aliphatic hydroxyl groups is 1. The van der Waals surface area contributed by atoms with E-state index in [1.54, 1.807) is 19.1 Å². The molecule has 1 atom stereocenters. The zero-order valence-electron chi connectivity index (χ0n) is 6.09. The van der Waals surface area contributed by atoms with Crippen molar-refractivity contribution in [2.45, 2.75) is 25.9 Å². The Morgan fingerprint density at radius 2 is 2.22 bits per heavy atom. The molecule has 1 heteroatoms. The quantitative estimate of drug-likeness (QED) is 0.572. The highest BCUT2D eigenvalue weighted by Crippen LogP contribution is 2.10. The van der Waals surface area contributed by atoms with Gasteiger partial charge in [0.15, 0.2) is 0 Å². The van der Waals surface area contributed by atoms with Gasteiger partial charge in [0.05, 0.1) is 5.60 Å². The minimum absolute atomic E-state index is 0.608. The highest BCUT2D eigenvalue weighted by molar-refractivity contribution is 4.99. The molecule has 0 aliphatic carbocycles. The summed E-state index contributed by atoms with van der Waals surface area (Å²) in [5.74, 6) is 0. The van der Waals surface area contributed by atoms with Gasteiger partial charge in [-0.2, -0.15) is 0 Å². The summed E-state index contributed by atoms with van der Waals surface area (Å²) in [4.78, 5) is 0. The maximum atomic E-state index is 9.36.